The summed E-state index contributed by atoms with van der Waals surface area (Å²) in [7, 11) is 2.04. The van der Waals surface area contributed by atoms with Crippen molar-refractivity contribution in [2.75, 3.05) is 38.2 Å². The second-order valence-corrected chi connectivity index (χ2v) is 6.22. The van der Waals surface area contributed by atoms with Crippen LogP contribution in [-0.2, 0) is 4.79 Å². The molecular weight excluding hydrogens is 236 g/mol. The van der Waals surface area contributed by atoms with Crippen LogP contribution >= 0.6 is 11.8 Å². The molecular formula is C12H22N2O2S. The van der Waals surface area contributed by atoms with Gasteiger partial charge in [-0.3, -0.25) is 9.69 Å². The number of piperidine rings is 1. The summed E-state index contributed by atoms with van der Waals surface area (Å²) in [4.78, 5) is 16.1. The van der Waals surface area contributed by atoms with Gasteiger partial charge in [0.1, 0.15) is 0 Å². The van der Waals surface area contributed by atoms with E-state index in [0.717, 1.165) is 25.1 Å². The number of rotatable bonds is 3. The van der Waals surface area contributed by atoms with Crippen LogP contribution in [0.5, 0.6) is 0 Å². The molecule has 0 bridgehead atoms. The molecule has 0 aliphatic carbocycles. The van der Waals surface area contributed by atoms with Crippen LogP contribution in [0.4, 0.5) is 0 Å². The van der Waals surface area contributed by atoms with Crippen molar-refractivity contribution in [2.45, 2.75) is 31.4 Å². The second-order valence-electron chi connectivity index (χ2n) is 5.07. The Balaban J connectivity index is 1.79. The van der Waals surface area contributed by atoms with Gasteiger partial charge in [0, 0.05) is 24.9 Å². The number of nitrogens with zero attached hydrogens (tertiary/aromatic N) is 2. The first-order valence-corrected chi connectivity index (χ1v) is 7.56. The third-order valence-corrected chi connectivity index (χ3v) is 4.81. The standard InChI is InChI=1S/C12H22N2O2S/c1-13(10-4-6-17-9-10)8-12(16)14-5-2-3-11(15)7-14/h10-11,15H,2-9H2,1H3. The predicted molar refractivity (Wildman–Crippen MR) is 70.2 cm³/mol. The van der Waals surface area contributed by atoms with E-state index in [-0.39, 0.29) is 12.0 Å². The van der Waals surface area contributed by atoms with Crippen molar-refractivity contribution < 1.29 is 9.90 Å². The molecule has 5 heteroatoms. The number of carbonyl (C=O) groups excluding carboxylic acids is 1. The Morgan fingerprint density at radius 2 is 2.35 bits per heavy atom. The third-order valence-electron chi connectivity index (χ3n) is 3.66. The number of β-amino-alcohol motifs (C(OH)–C–C–N with tert-alkyl or cyclic N) is 1. The fourth-order valence-corrected chi connectivity index (χ4v) is 3.79. The fourth-order valence-electron chi connectivity index (χ4n) is 2.49. The predicted octanol–water partition coefficient (Wildman–Crippen LogP) is 0.407. The highest BCUT2D eigenvalue weighted by Crippen LogP contribution is 2.21. The molecule has 2 atom stereocenters. The lowest BCUT2D eigenvalue weighted by Crippen LogP contribution is -2.47. The minimum absolute atomic E-state index is 0.170. The van der Waals surface area contributed by atoms with E-state index < -0.39 is 0 Å². The number of hydrogen-bond donors (Lipinski definition) is 1. The molecule has 1 N–H and O–H groups in total. The maximum Gasteiger partial charge on any atom is 0.236 e. The summed E-state index contributed by atoms with van der Waals surface area (Å²) >= 11 is 1.97. The number of amides is 1. The summed E-state index contributed by atoms with van der Waals surface area (Å²) in [5.41, 5.74) is 0. The Hall–Kier alpha value is -0.260. The van der Waals surface area contributed by atoms with Gasteiger partial charge in [0.05, 0.1) is 12.6 Å². The van der Waals surface area contributed by atoms with Crippen molar-refractivity contribution in [1.82, 2.24) is 9.80 Å². The van der Waals surface area contributed by atoms with Crippen molar-refractivity contribution in [3.8, 4) is 0 Å². The molecule has 98 valence electrons. The van der Waals surface area contributed by atoms with Gasteiger partial charge in [-0.15, -0.1) is 0 Å². The van der Waals surface area contributed by atoms with E-state index >= 15 is 0 Å². The second kappa shape index (κ2) is 6.07. The summed E-state index contributed by atoms with van der Waals surface area (Å²) in [6.45, 7) is 1.83. The number of carbonyl (C=O) groups is 1. The molecule has 2 fully saturated rings. The normalized spacial score (nSPS) is 29.9. The quantitative estimate of drug-likeness (QED) is 0.796. The van der Waals surface area contributed by atoms with Gasteiger partial charge >= 0.3 is 0 Å². The van der Waals surface area contributed by atoms with Crippen LogP contribution in [0.25, 0.3) is 0 Å². The van der Waals surface area contributed by atoms with Gasteiger partial charge in [0.2, 0.25) is 5.91 Å². The van der Waals surface area contributed by atoms with Crippen molar-refractivity contribution in [3.05, 3.63) is 0 Å². The lowest BCUT2D eigenvalue weighted by atomic mass is 10.1. The van der Waals surface area contributed by atoms with Gasteiger partial charge < -0.3 is 10.0 Å². The molecule has 2 rings (SSSR count). The van der Waals surface area contributed by atoms with Crippen molar-refractivity contribution in [3.63, 3.8) is 0 Å². The first-order chi connectivity index (χ1) is 8.16. The van der Waals surface area contributed by atoms with Crippen LogP contribution in [0.15, 0.2) is 0 Å². The molecule has 2 aliphatic rings. The summed E-state index contributed by atoms with van der Waals surface area (Å²) in [5.74, 6) is 2.53. The van der Waals surface area contributed by atoms with Gasteiger partial charge in [-0.05, 0) is 32.1 Å². The summed E-state index contributed by atoms with van der Waals surface area (Å²) < 4.78 is 0. The first kappa shape index (κ1) is 13.2. The average Bonchev–Trinajstić information content (AvgIpc) is 2.82. The van der Waals surface area contributed by atoms with Gasteiger partial charge in [-0.25, -0.2) is 0 Å². The number of aliphatic hydroxyl groups is 1. The minimum Gasteiger partial charge on any atom is -0.391 e. The third kappa shape index (κ3) is 3.60. The molecule has 4 nitrogen and oxygen atoms in total. The molecule has 0 aromatic carbocycles. The van der Waals surface area contributed by atoms with E-state index in [4.69, 9.17) is 0 Å². The SMILES string of the molecule is CN(CC(=O)N1CCCC(O)C1)C1CCSC1. The van der Waals surface area contributed by atoms with E-state index in [9.17, 15) is 9.90 Å². The molecule has 2 saturated heterocycles. The van der Waals surface area contributed by atoms with E-state index in [1.807, 2.05) is 23.7 Å². The summed E-state index contributed by atoms with van der Waals surface area (Å²) in [6.07, 6.45) is 2.63. The summed E-state index contributed by atoms with van der Waals surface area (Å²) in [6, 6.07) is 0.554. The first-order valence-electron chi connectivity index (χ1n) is 6.40. The van der Waals surface area contributed by atoms with Crippen LogP contribution in [0.1, 0.15) is 19.3 Å². The topological polar surface area (TPSA) is 43.8 Å². The Kier molecular flexibility index (Phi) is 4.70. The smallest absolute Gasteiger partial charge is 0.236 e. The number of thioether (sulfide) groups is 1. The van der Waals surface area contributed by atoms with Gasteiger partial charge in [-0.1, -0.05) is 0 Å². The zero-order valence-electron chi connectivity index (χ0n) is 10.5. The van der Waals surface area contributed by atoms with Crippen LogP contribution < -0.4 is 0 Å². The number of aliphatic hydroxyl groups excluding tert-OH is 1. The largest absolute Gasteiger partial charge is 0.391 e. The van der Waals surface area contributed by atoms with Crippen LogP contribution in [0.2, 0.25) is 0 Å². The number of likely N-dealkylation sites (N-methyl/N-ethyl adjacent to an activating group) is 1. The molecule has 2 aliphatic heterocycles. The van der Waals surface area contributed by atoms with E-state index in [0.29, 0.717) is 19.1 Å². The maximum atomic E-state index is 12.1. The zero-order chi connectivity index (χ0) is 12.3. The Labute approximate surface area is 107 Å². The average molecular weight is 258 g/mol. The van der Waals surface area contributed by atoms with Crippen LogP contribution in [0.3, 0.4) is 0 Å². The minimum atomic E-state index is -0.319. The molecule has 0 aromatic heterocycles. The van der Waals surface area contributed by atoms with Crippen molar-refractivity contribution in [2.24, 2.45) is 0 Å². The number of hydrogen-bond acceptors (Lipinski definition) is 4. The fraction of sp³-hybridized carbons (Fsp3) is 0.917. The molecule has 1 amide bonds. The van der Waals surface area contributed by atoms with E-state index in [1.165, 1.54) is 12.2 Å². The molecule has 0 aromatic rings. The van der Waals surface area contributed by atoms with Gasteiger partial charge in [-0.2, -0.15) is 11.8 Å². The molecule has 2 heterocycles. The van der Waals surface area contributed by atoms with E-state index in [2.05, 4.69) is 4.90 Å². The maximum absolute atomic E-state index is 12.1. The Bertz CT molecular complexity index is 269. The van der Waals surface area contributed by atoms with Gasteiger partial charge in [0.25, 0.3) is 0 Å². The lowest BCUT2D eigenvalue weighted by molar-refractivity contribution is -0.135. The number of likely N-dealkylation sites (tertiary alicyclic amines) is 1. The molecule has 0 spiro atoms. The zero-order valence-corrected chi connectivity index (χ0v) is 11.3. The van der Waals surface area contributed by atoms with Crippen LogP contribution in [-0.4, -0.2) is 71.1 Å². The van der Waals surface area contributed by atoms with E-state index in [1.54, 1.807) is 0 Å². The lowest BCUT2D eigenvalue weighted by Gasteiger charge is -2.32. The van der Waals surface area contributed by atoms with Gasteiger partial charge in [0.15, 0.2) is 0 Å². The summed E-state index contributed by atoms with van der Waals surface area (Å²) in [5, 5.41) is 9.56. The molecule has 0 saturated carbocycles. The monoisotopic (exact) mass is 258 g/mol. The highest BCUT2D eigenvalue weighted by Gasteiger charge is 2.26. The Morgan fingerprint density at radius 3 is 3.00 bits per heavy atom. The molecule has 0 radical (unpaired) electrons. The van der Waals surface area contributed by atoms with Crippen molar-refractivity contribution >= 4 is 17.7 Å². The van der Waals surface area contributed by atoms with Crippen molar-refractivity contribution in [1.29, 1.82) is 0 Å². The molecule has 17 heavy (non-hydrogen) atoms. The Morgan fingerprint density at radius 1 is 1.53 bits per heavy atom. The highest BCUT2D eigenvalue weighted by atomic mass is 32.2. The highest BCUT2D eigenvalue weighted by molar-refractivity contribution is 7.99. The molecule has 2 unspecified atom stereocenters. The van der Waals surface area contributed by atoms with Crippen LogP contribution in [0, 0.1) is 0 Å².